The summed E-state index contributed by atoms with van der Waals surface area (Å²) in [5.74, 6) is -1.93. The zero-order valence-corrected chi connectivity index (χ0v) is 17.4. The molecular formula is C21H14F3N7O3. The van der Waals surface area contributed by atoms with E-state index in [-0.39, 0.29) is 22.8 Å². The lowest BCUT2D eigenvalue weighted by Gasteiger charge is -2.12. The number of carbonyl (C=O) groups is 3. The number of aromatic nitrogens is 5. The Bertz CT molecular complexity index is 1450. The predicted molar refractivity (Wildman–Crippen MR) is 111 cm³/mol. The zero-order valence-electron chi connectivity index (χ0n) is 17.4. The van der Waals surface area contributed by atoms with Gasteiger partial charge in [0.15, 0.2) is 11.3 Å². The van der Waals surface area contributed by atoms with Gasteiger partial charge in [-0.25, -0.2) is 4.52 Å². The fourth-order valence-electron chi connectivity index (χ4n) is 3.65. The summed E-state index contributed by atoms with van der Waals surface area (Å²) in [6, 6.07) is 10.2. The van der Waals surface area contributed by atoms with Crippen LogP contribution in [0.15, 0.2) is 48.7 Å². The standard InChI is InChI=1S/C21H14F3N7O3/c1-29-14(8-15(27-29)21(22,23)24)11-6-7-16-25-20(28-31(16)9-11)26-17(32)10-30-18(33)12-4-2-3-5-13(12)19(30)34/h2-9H,10H2,1H3,(H,26,28,32). The highest BCUT2D eigenvalue weighted by Gasteiger charge is 2.36. The number of aryl methyl sites for hydroxylation is 1. The van der Waals surface area contributed by atoms with Crippen molar-refractivity contribution in [3.63, 3.8) is 0 Å². The molecule has 13 heteroatoms. The van der Waals surface area contributed by atoms with Crippen molar-refractivity contribution in [2.24, 2.45) is 7.05 Å². The number of anilines is 1. The number of benzene rings is 1. The summed E-state index contributed by atoms with van der Waals surface area (Å²) in [6.45, 7) is -0.525. The Morgan fingerprint density at radius 2 is 1.71 bits per heavy atom. The third-order valence-corrected chi connectivity index (χ3v) is 5.23. The van der Waals surface area contributed by atoms with Gasteiger partial charge in [0.25, 0.3) is 11.8 Å². The van der Waals surface area contributed by atoms with E-state index in [9.17, 15) is 27.6 Å². The number of imide groups is 1. The third kappa shape index (κ3) is 3.56. The molecule has 172 valence electrons. The van der Waals surface area contributed by atoms with Gasteiger partial charge in [-0.3, -0.25) is 29.3 Å². The quantitative estimate of drug-likeness (QED) is 0.459. The van der Waals surface area contributed by atoms with Gasteiger partial charge in [-0.2, -0.15) is 23.3 Å². The molecule has 10 nitrogen and oxygen atoms in total. The van der Waals surface area contributed by atoms with Crippen LogP contribution in [0, 0.1) is 0 Å². The van der Waals surface area contributed by atoms with Crippen molar-refractivity contribution in [2.75, 3.05) is 11.9 Å². The average Bonchev–Trinajstić information content (AvgIpc) is 3.44. The maximum atomic E-state index is 13.0. The molecule has 0 unspecified atom stereocenters. The highest BCUT2D eigenvalue weighted by molar-refractivity contribution is 6.22. The number of alkyl halides is 3. The van der Waals surface area contributed by atoms with Crippen LogP contribution < -0.4 is 5.32 Å². The molecule has 0 aliphatic carbocycles. The van der Waals surface area contributed by atoms with Crippen molar-refractivity contribution in [1.29, 1.82) is 0 Å². The van der Waals surface area contributed by atoms with Gasteiger partial charge < -0.3 is 0 Å². The zero-order chi connectivity index (χ0) is 24.2. The molecule has 0 fully saturated rings. The number of pyridine rings is 1. The number of hydrogen-bond acceptors (Lipinski definition) is 6. The van der Waals surface area contributed by atoms with Gasteiger partial charge in [-0.05, 0) is 30.3 Å². The molecule has 0 saturated carbocycles. The fraction of sp³-hybridized carbons (Fsp3) is 0.143. The minimum absolute atomic E-state index is 0.0975. The number of fused-ring (bicyclic) bond motifs is 2. The molecular weight excluding hydrogens is 455 g/mol. The first-order valence-corrected chi connectivity index (χ1v) is 9.85. The first kappa shape index (κ1) is 21.3. The fourth-order valence-corrected chi connectivity index (χ4v) is 3.65. The molecule has 0 spiro atoms. The van der Waals surface area contributed by atoms with Gasteiger partial charge in [0.2, 0.25) is 11.9 Å². The van der Waals surface area contributed by atoms with Crippen LogP contribution in [0.5, 0.6) is 0 Å². The van der Waals surface area contributed by atoms with Gasteiger partial charge >= 0.3 is 6.18 Å². The van der Waals surface area contributed by atoms with Crippen LogP contribution in [0.1, 0.15) is 26.4 Å². The second kappa shape index (κ2) is 7.50. The van der Waals surface area contributed by atoms with E-state index in [1.807, 2.05) is 0 Å². The molecule has 4 aromatic rings. The van der Waals surface area contributed by atoms with Crippen molar-refractivity contribution in [3.05, 3.63) is 65.5 Å². The first-order valence-electron chi connectivity index (χ1n) is 9.85. The van der Waals surface area contributed by atoms with Crippen LogP contribution in [-0.2, 0) is 18.0 Å². The Hall–Kier alpha value is -4.55. The van der Waals surface area contributed by atoms with E-state index in [1.165, 1.54) is 36.0 Å². The lowest BCUT2D eigenvalue weighted by atomic mass is 10.1. The highest BCUT2D eigenvalue weighted by atomic mass is 19.4. The van der Waals surface area contributed by atoms with Gasteiger partial charge in [-0.15, -0.1) is 5.10 Å². The van der Waals surface area contributed by atoms with Crippen molar-refractivity contribution in [2.45, 2.75) is 6.18 Å². The van der Waals surface area contributed by atoms with Crippen molar-refractivity contribution < 1.29 is 27.6 Å². The summed E-state index contributed by atoms with van der Waals surface area (Å²) in [5.41, 5.74) is 0.348. The average molecular weight is 469 g/mol. The minimum atomic E-state index is -4.58. The monoisotopic (exact) mass is 469 g/mol. The largest absolute Gasteiger partial charge is 0.435 e. The van der Waals surface area contributed by atoms with E-state index in [2.05, 4.69) is 20.5 Å². The predicted octanol–water partition coefficient (Wildman–Crippen LogP) is 2.38. The molecule has 1 aliphatic heterocycles. The van der Waals surface area contributed by atoms with Crippen molar-refractivity contribution >= 4 is 29.3 Å². The maximum Gasteiger partial charge on any atom is 0.435 e. The lowest BCUT2D eigenvalue weighted by molar-refractivity contribution is -0.141. The second-order valence-corrected chi connectivity index (χ2v) is 7.48. The maximum absolute atomic E-state index is 13.0. The second-order valence-electron chi connectivity index (χ2n) is 7.48. The SMILES string of the molecule is Cn1nc(C(F)(F)F)cc1-c1ccc2nc(NC(=O)CN3C(=O)c4ccccc4C3=O)nn2c1. The molecule has 0 saturated heterocycles. The number of hydrogen-bond donors (Lipinski definition) is 1. The van der Waals surface area contributed by atoms with Crippen molar-refractivity contribution in [1.82, 2.24) is 29.3 Å². The summed E-state index contributed by atoms with van der Waals surface area (Å²) in [6.07, 6.45) is -3.14. The Morgan fingerprint density at radius 3 is 2.32 bits per heavy atom. The first-order chi connectivity index (χ1) is 16.1. The van der Waals surface area contributed by atoms with E-state index in [0.717, 1.165) is 15.6 Å². The van der Waals surface area contributed by atoms with Crippen LogP contribution in [-0.4, -0.2) is 53.5 Å². The molecule has 3 amide bonds. The molecule has 5 rings (SSSR count). The molecule has 1 aromatic carbocycles. The van der Waals surface area contributed by atoms with Crippen LogP contribution in [0.4, 0.5) is 19.1 Å². The lowest BCUT2D eigenvalue weighted by Crippen LogP contribution is -2.37. The number of amides is 3. The summed E-state index contributed by atoms with van der Waals surface area (Å²) in [5, 5.41) is 10.0. The summed E-state index contributed by atoms with van der Waals surface area (Å²) in [4.78, 5) is 42.2. The van der Waals surface area contributed by atoms with Crippen LogP contribution >= 0.6 is 0 Å². The Kier molecular flexibility index (Phi) is 4.70. The molecule has 0 radical (unpaired) electrons. The number of nitrogens with one attached hydrogen (secondary N) is 1. The molecule has 0 bridgehead atoms. The number of carbonyl (C=O) groups excluding carboxylic acids is 3. The molecule has 4 heterocycles. The summed E-state index contributed by atoms with van der Waals surface area (Å²) < 4.78 is 41.3. The molecule has 0 atom stereocenters. The van der Waals surface area contributed by atoms with Crippen LogP contribution in [0.25, 0.3) is 16.9 Å². The Morgan fingerprint density at radius 1 is 1.03 bits per heavy atom. The molecule has 34 heavy (non-hydrogen) atoms. The van der Waals surface area contributed by atoms with Crippen LogP contribution in [0.2, 0.25) is 0 Å². The molecule has 3 aromatic heterocycles. The van der Waals surface area contributed by atoms with Gasteiger partial charge in [0, 0.05) is 18.8 Å². The highest BCUT2D eigenvalue weighted by Crippen LogP contribution is 2.31. The van der Waals surface area contributed by atoms with E-state index in [4.69, 9.17) is 0 Å². The summed E-state index contributed by atoms with van der Waals surface area (Å²) in [7, 11) is 1.39. The topological polar surface area (TPSA) is 114 Å². The smallest absolute Gasteiger partial charge is 0.292 e. The van der Waals surface area contributed by atoms with Crippen molar-refractivity contribution in [3.8, 4) is 11.3 Å². The number of nitrogens with zero attached hydrogens (tertiary/aromatic N) is 6. The van der Waals surface area contributed by atoms with E-state index >= 15 is 0 Å². The Balaban J connectivity index is 1.34. The summed E-state index contributed by atoms with van der Waals surface area (Å²) >= 11 is 0. The number of rotatable bonds is 4. The molecule has 1 aliphatic rings. The van der Waals surface area contributed by atoms with E-state index in [1.54, 1.807) is 18.2 Å². The molecule has 1 N–H and O–H groups in total. The third-order valence-electron chi connectivity index (χ3n) is 5.23. The van der Waals surface area contributed by atoms with Gasteiger partial charge in [0.05, 0.1) is 16.8 Å². The van der Waals surface area contributed by atoms with Gasteiger partial charge in [0.1, 0.15) is 6.54 Å². The Labute approximate surface area is 188 Å². The van der Waals surface area contributed by atoms with Gasteiger partial charge in [-0.1, -0.05) is 12.1 Å². The van der Waals surface area contributed by atoms with E-state index in [0.29, 0.717) is 11.2 Å². The van der Waals surface area contributed by atoms with E-state index < -0.39 is 36.1 Å². The van der Waals surface area contributed by atoms with Crippen LogP contribution in [0.3, 0.4) is 0 Å². The minimum Gasteiger partial charge on any atom is -0.292 e. The normalized spacial score (nSPS) is 13.6. The number of halogens is 3.